The topological polar surface area (TPSA) is 24.9 Å². The first kappa shape index (κ1) is 21.8. The van der Waals surface area contributed by atoms with Gasteiger partial charge in [0.15, 0.2) is 0 Å². The molecular weight excluding hydrogens is 348 g/mol. The Hall–Kier alpha value is -0.940. The first-order chi connectivity index (χ1) is 13.3. The minimum atomic E-state index is 0.193. The summed E-state index contributed by atoms with van der Waals surface area (Å²) in [5.74, 6) is 0. The van der Waals surface area contributed by atoms with Gasteiger partial charge in [0.1, 0.15) is 0 Å². The van der Waals surface area contributed by atoms with Crippen LogP contribution in [0, 0.1) is 0 Å². The Kier molecular flexibility index (Phi) is 6.86. The maximum atomic E-state index is 5.80. The summed E-state index contributed by atoms with van der Waals surface area (Å²) in [6.07, 6.45) is 6.26. The Bertz CT molecular complexity index is 592. The molecule has 4 saturated heterocycles. The molecule has 0 saturated carbocycles. The van der Waals surface area contributed by atoms with Crippen molar-refractivity contribution in [2.45, 2.75) is 70.1 Å². The van der Waals surface area contributed by atoms with Gasteiger partial charge in [0, 0.05) is 31.8 Å². The second-order valence-electron chi connectivity index (χ2n) is 9.61. The summed E-state index contributed by atoms with van der Waals surface area (Å²) in [6.45, 7) is 25.5. The monoisotopic (exact) mass is 388 g/mol. The number of hydrogen-bond acceptors (Lipinski definition) is 4. The van der Waals surface area contributed by atoms with Crippen LogP contribution >= 0.6 is 0 Å². The van der Waals surface area contributed by atoms with Crippen LogP contribution in [0.4, 0.5) is 0 Å². The standard InChI is InChI=1S/C13H21NO.C11H19NO/c1-10(2)15-9-13-5-11(3)7-14(13)8-12(4)6-13;1-3-13-9-11-5-4-6-12(11)8-10(2)7-11/h10H,3-9H2,1-2H3;2-9H2,1H3. The lowest BCUT2D eigenvalue weighted by Crippen LogP contribution is -2.43. The fourth-order valence-electron chi connectivity index (χ4n) is 5.51. The van der Waals surface area contributed by atoms with Crippen molar-refractivity contribution in [2.75, 3.05) is 46.0 Å². The first-order valence-electron chi connectivity index (χ1n) is 11.0. The molecule has 0 aliphatic carbocycles. The molecule has 0 N–H and O–H groups in total. The van der Waals surface area contributed by atoms with Crippen molar-refractivity contribution in [3.63, 3.8) is 0 Å². The summed E-state index contributed by atoms with van der Waals surface area (Å²) in [7, 11) is 0. The molecule has 0 bridgehead atoms. The smallest absolute Gasteiger partial charge is 0.0660 e. The van der Waals surface area contributed by atoms with Crippen LogP contribution in [0.5, 0.6) is 0 Å². The molecule has 158 valence electrons. The molecule has 4 nitrogen and oxygen atoms in total. The number of ether oxygens (including phenoxy) is 2. The van der Waals surface area contributed by atoms with E-state index in [1.165, 1.54) is 36.1 Å². The van der Waals surface area contributed by atoms with Crippen molar-refractivity contribution < 1.29 is 9.47 Å². The Morgan fingerprint density at radius 2 is 1.46 bits per heavy atom. The molecule has 0 amide bonds. The fraction of sp³-hybridized carbons (Fsp3) is 0.750. The molecule has 1 atom stereocenters. The largest absolute Gasteiger partial charge is 0.380 e. The van der Waals surface area contributed by atoms with Crippen molar-refractivity contribution in [3.05, 3.63) is 36.5 Å². The Morgan fingerprint density at radius 3 is 2.04 bits per heavy atom. The molecule has 4 heterocycles. The van der Waals surface area contributed by atoms with E-state index in [0.717, 1.165) is 58.7 Å². The van der Waals surface area contributed by atoms with Crippen molar-refractivity contribution >= 4 is 0 Å². The van der Waals surface area contributed by atoms with E-state index >= 15 is 0 Å². The van der Waals surface area contributed by atoms with Crippen molar-refractivity contribution in [3.8, 4) is 0 Å². The van der Waals surface area contributed by atoms with Crippen molar-refractivity contribution in [1.29, 1.82) is 0 Å². The molecule has 4 aliphatic rings. The van der Waals surface area contributed by atoms with Crippen LogP contribution in [0.25, 0.3) is 0 Å². The maximum absolute atomic E-state index is 5.80. The second-order valence-corrected chi connectivity index (χ2v) is 9.61. The van der Waals surface area contributed by atoms with Gasteiger partial charge in [-0.1, -0.05) is 36.5 Å². The predicted molar refractivity (Wildman–Crippen MR) is 117 cm³/mol. The van der Waals surface area contributed by atoms with Crippen LogP contribution in [0.2, 0.25) is 0 Å². The van der Waals surface area contributed by atoms with Gasteiger partial charge >= 0.3 is 0 Å². The highest BCUT2D eigenvalue weighted by Gasteiger charge is 2.47. The molecular formula is C24H40N2O2. The third-order valence-corrected chi connectivity index (χ3v) is 6.65. The van der Waals surface area contributed by atoms with Crippen molar-refractivity contribution in [1.82, 2.24) is 9.80 Å². The number of nitrogens with zero attached hydrogens (tertiary/aromatic N) is 2. The number of rotatable bonds is 6. The highest BCUT2D eigenvalue weighted by atomic mass is 16.5. The molecule has 4 rings (SSSR count). The predicted octanol–water partition coefficient (Wildman–Crippen LogP) is 4.19. The average Bonchev–Trinajstić information content (AvgIpc) is 3.28. The van der Waals surface area contributed by atoms with Gasteiger partial charge in [-0.3, -0.25) is 9.80 Å². The quantitative estimate of drug-likeness (QED) is 0.637. The Balaban J connectivity index is 0.000000162. The first-order valence-corrected chi connectivity index (χ1v) is 11.0. The van der Waals surface area contributed by atoms with E-state index < -0.39 is 0 Å². The lowest BCUT2D eigenvalue weighted by Gasteiger charge is -2.31. The maximum Gasteiger partial charge on any atom is 0.0660 e. The lowest BCUT2D eigenvalue weighted by molar-refractivity contribution is 0.00344. The molecule has 4 fully saturated rings. The summed E-state index contributed by atoms with van der Waals surface area (Å²) >= 11 is 0. The summed E-state index contributed by atoms with van der Waals surface area (Å²) < 4.78 is 11.4. The molecule has 0 aromatic heterocycles. The van der Waals surface area contributed by atoms with E-state index in [0.29, 0.717) is 11.6 Å². The molecule has 0 radical (unpaired) electrons. The van der Waals surface area contributed by atoms with E-state index in [-0.39, 0.29) is 5.54 Å². The van der Waals surface area contributed by atoms with Crippen molar-refractivity contribution in [2.24, 2.45) is 0 Å². The van der Waals surface area contributed by atoms with E-state index in [9.17, 15) is 0 Å². The third-order valence-electron chi connectivity index (χ3n) is 6.65. The molecule has 0 aromatic carbocycles. The van der Waals surface area contributed by atoms with Gasteiger partial charge < -0.3 is 9.47 Å². The summed E-state index contributed by atoms with van der Waals surface area (Å²) in [5.41, 5.74) is 4.61. The van der Waals surface area contributed by atoms with Gasteiger partial charge in [-0.25, -0.2) is 0 Å². The molecule has 0 aromatic rings. The van der Waals surface area contributed by atoms with Gasteiger partial charge in [0.05, 0.1) is 24.9 Å². The van der Waals surface area contributed by atoms with E-state index in [4.69, 9.17) is 9.47 Å². The Morgan fingerprint density at radius 1 is 0.893 bits per heavy atom. The summed E-state index contributed by atoms with van der Waals surface area (Å²) in [5, 5.41) is 0. The van der Waals surface area contributed by atoms with Crippen LogP contribution in [0.1, 0.15) is 52.9 Å². The number of fused-ring (bicyclic) bond motifs is 2. The molecule has 4 aliphatic heterocycles. The highest BCUT2D eigenvalue weighted by Crippen LogP contribution is 2.43. The van der Waals surface area contributed by atoms with Gasteiger partial charge in [-0.2, -0.15) is 0 Å². The zero-order chi connectivity index (χ0) is 20.4. The molecule has 1 unspecified atom stereocenters. The summed E-state index contributed by atoms with van der Waals surface area (Å²) in [4.78, 5) is 5.05. The zero-order valence-electron chi connectivity index (χ0n) is 18.4. The average molecular weight is 389 g/mol. The molecule has 4 heteroatoms. The van der Waals surface area contributed by atoms with Gasteiger partial charge in [0.25, 0.3) is 0 Å². The minimum absolute atomic E-state index is 0.193. The molecule has 28 heavy (non-hydrogen) atoms. The van der Waals surface area contributed by atoms with Crippen LogP contribution < -0.4 is 0 Å². The van der Waals surface area contributed by atoms with Gasteiger partial charge in [-0.05, 0) is 59.4 Å². The highest BCUT2D eigenvalue weighted by molar-refractivity contribution is 5.26. The Labute approximate surface area is 172 Å². The molecule has 0 spiro atoms. The van der Waals surface area contributed by atoms with E-state index in [2.05, 4.69) is 50.3 Å². The van der Waals surface area contributed by atoms with E-state index in [1.807, 2.05) is 0 Å². The van der Waals surface area contributed by atoms with Gasteiger partial charge in [-0.15, -0.1) is 0 Å². The van der Waals surface area contributed by atoms with Crippen LogP contribution in [-0.2, 0) is 9.47 Å². The van der Waals surface area contributed by atoms with E-state index in [1.54, 1.807) is 0 Å². The zero-order valence-corrected chi connectivity index (χ0v) is 18.4. The summed E-state index contributed by atoms with van der Waals surface area (Å²) in [6, 6.07) is 0. The normalized spacial score (nSPS) is 29.4. The van der Waals surface area contributed by atoms with Crippen LogP contribution in [0.15, 0.2) is 36.5 Å². The van der Waals surface area contributed by atoms with Crippen LogP contribution in [0.3, 0.4) is 0 Å². The SMILES string of the molecule is C=C1CN2CC(=C)CC2(COC(C)C)C1.C=C1CN2CCCC2(COCC)C1. The van der Waals surface area contributed by atoms with Gasteiger partial charge in [0.2, 0.25) is 0 Å². The minimum Gasteiger partial charge on any atom is -0.380 e. The number of hydrogen-bond donors (Lipinski definition) is 0. The lowest BCUT2D eigenvalue weighted by atomic mass is 9.92. The van der Waals surface area contributed by atoms with Crippen LogP contribution in [-0.4, -0.2) is 73.0 Å². The second kappa shape index (κ2) is 8.83. The fourth-order valence-corrected chi connectivity index (χ4v) is 5.51. The third kappa shape index (κ3) is 4.62.